The van der Waals surface area contributed by atoms with Crippen LogP contribution in [0.5, 0.6) is 5.75 Å². The van der Waals surface area contributed by atoms with Crippen LogP contribution < -0.4 is 14.4 Å². The third-order valence-electron chi connectivity index (χ3n) is 4.38. The molecule has 6 nitrogen and oxygen atoms in total. The third kappa shape index (κ3) is 4.25. The Morgan fingerprint density at radius 2 is 1.93 bits per heavy atom. The topological polar surface area (TPSA) is 75.7 Å². The summed E-state index contributed by atoms with van der Waals surface area (Å²) in [6.45, 7) is 6.20. The SMILES string of the molecule is Cc1ccc(S(=O)(=O)N2C[C@@H](C(=O)NCC(C)C)Oc3ccc(Cl)cc32)cc1. The summed E-state index contributed by atoms with van der Waals surface area (Å²) in [5.41, 5.74) is 1.27. The standard InChI is InChI=1S/C20H23ClN2O4S/c1-13(2)11-22-20(24)19-12-23(17-10-15(21)6-9-18(17)27-19)28(25,26)16-7-4-14(3)5-8-16/h4-10,13,19H,11-12H2,1-3H3,(H,22,24)/t19-/m0/s1. The molecule has 0 fully saturated rings. The highest BCUT2D eigenvalue weighted by Crippen LogP contribution is 2.38. The summed E-state index contributed by atoms with van der Waals surface area (Å²) in [7, 11) is -3.89. The van der Waals surface area contributed by atoms with Gasteiger partial charge in [-0.05, 0) is 43.2 Å². The fourth-order valence-electron chi connectivity index (χ4n) is 2.84. The van der Waals surface area contributed by atoms with Gasteiger partial charge in [-0.25, -0.2) is 8.42 Å². The van der Waals surface area contributed by atoms with Gasteiger partial charge in [0, 0.05) is 11.6 Å². The Morgan fingerprint density at radius 3 is 2.57 bits per heavy atom. The maximum absolute atomic E-state index is 13.3. The molecule has 1 aliphatic rings. The lowest BCUT2D eigenvalue weighted by molar-refractivity contribution is -0.127. The summed E-state index contributed by atoms with van der Waals surface area (Å²) in [5.74, 6) is 0.223. The van der Waals surface area contributed by atoms with Crippen molar-refractivity contribution in [2.45, 2.75) is 31.8 Å². The van der Waals surface area contributed by atoms with E-state index in [1.807, 2.05) is 20.8 Å². The van der Waals surface area contributed by atoms with Gasteiger partial charge in [0.25, 0.3) is 15.9 Å². The normalized spacial score (nSPS) is 16.5. The lowest BCUT2D eigenvalue weighted by atomic mass is 10.2. The lowest BCUT2D eigenvalue weighted by Gasteiger charge is -2.35. The second-order valence-corrected chi connectivity index (χ2v) is 9.51. The second-order valence-electron chi connectivity index (χ2n) is 7.21. The number of benzene rings is 2. The molecular formula is C20H23ClN2O4S. The van der Waals surface area contributed by atoms with E-state index in [2.05, 4.69) is 5.32 Å². The van der Waals surface area contributed by atoms with Gasteiger partial charge in [-0.15, -0.1) is 0 Å². The van der Waals surface area contributed by atoms with Crippen molar-refractivity contribution in [3.05, 3.63) is 53.1 Å². The minimum absolute atomic E-state index is 0.131. The maximum atomic E-state index is 13.3. The predicted molar refractivity (Wildman–Crippen MR) is 109 cm³/mol. The van der Waals surface area contributed by atoms with E-state index in [-0.39, 0.29) is 23.3 Å². The number of carbonyl (C=O) groups is 1. The van der Waals surface area contributed by atoms with Gasteiger partial charge in [0.2, 0.25) is 0 Å². The van der Waals surface area contributed by atoms with Crippen molar-refractivity contribution >= 4 is 33.2 Å². The average Bonchev–Trinajstić information content (AvgIpc) is 2.65. The van der Waals surface area contributed by atoms with Crippen LogP contribution in [0.2, 0.25) is 5.02 Å². The second kappa shape index (κ2) is 8.01. The van der Waals surface area contributed by atoms with E-state index >= 15 is 0 Å². The molecule has 0 radical (unpaired) electrons. The Kier molecular flexibility index (Phi) is 5.86. The summed E-state index contributed by atoms with van der Waals surface area (Å²) < 4.78 is 33.6. The van der Waals surface area contributed by atoms with Crippen molar-refractivity contribution in [1.29, 1.82) is 0 Å². The third-order valence-corrected chi connectivity index (χ3v) is 6.41. The molecule has 28 heavy (non-hydrogen) atoms. The van der Waals surface area contributed by atoms with Crippen molar-refractivity contribution in [3.63, 3.8) is 0 Å². The summed E-state index contributed by atoms with van der Waals surface area (Å²) in [5, 5.41) is 3.19. The number of nitrogens with one attached hydrogen (secondary N) is 1. The van der Waals surface area contributed by atoms with Crippen molar-refractivity contribution in [2.75, 3.05) is 17.4 Å². The minimum Gasteiger partial charge on any atom is -0.476 e. The molecule has 8 heteroatoms. The summed E-state index contributed by atoms with van der Waals surface area (Å²) >= 11 is 6.09. The molecule has 3 rings (SSSR count). The fourth-order valence-corrected chi connectivity index (χ4v) is 4.48. The van der Waals surface area contributed by atoms with Crippen LogP contribution in [0.25, 0.3) is 0 Å². The number of aryl methyl sites for hydroxylation is 1. The van der Waals surface area contributed by atoms with Gasteiger partial charge in [-0.2, -0.15) is 0 Å². The number of amides is 1. The van der Waals surface area contributed by atoms with Crippen LogP contribution >= 0.6 is 11.6 Å². The Balaban J connectivity index is 1.99. The van der Waals surface area contributed by atoms with E-state index in [1.165, 1.54) is 10.4 Å². The molecule has 1 aliphatic heterocycles. The molecule has 0 bridgehead atoms. The fraction of sp³-hybridized carbons (Fsp3) is 0.350. The molecule has 150 valence electrons. The van der Waals surface area contributed by atoms with E-state index in [0.717, 1.165) is 5.56 Å². The molecule has 0 aliphatic carbocycles. The number of carbonyl (C=O) groups excluding carboxylic acids is 1. The number of halogens is 1. The van der Waals surface area contributed by atoms with E-state index in [9.17, 15) is 13.2 Å². The van der Waals surface area contributed by atoms with Gasteiger partial charge in [0.1, 0.15) is 5.75 Å². The number of nitrogens with zero attached hydrogens (tertiary/aromatic N) is 1. The summed E-state index contributed by atoms with van der Waals surface area (Å²) in [4.78, 5) is 12.7. The minimum atomic E-state index is -3.89. The number of fused-ring (bicyclic) bond motifs is 1. The number of ether oxygens (including phenoxy) is 1. The van der Waals surface area contributed by atoms with E-state index in [1.54, 1.807) is 36.4 Å². The lowest BCUT2D eigenvalue weighted by Crippen LogP contribution is -2.51. The molecule has 1 atom stereocenters. The molecule has 0 saturated carbocycles. The summed E-state index contributed by atoms with van der Waals surface area (Å²) in [6.07, 6.45) is -0.951. The van der Waals surface area contributed by atoms with Crippen LogP contribution in [-0.2, 0) is 14.8 Å². The van der Waals surface area contributed by atoms with Gasteiger partial charge in [0.15, 0.2) is 6.10 Å². The molecule has 2 aromatic carbocycles. The molecule has 1 amide bonds. The van der Waals surface area contributed by atoms with Crippen LogP contribution in [-0.4, -0.2) is 33.5 Å². The van der Waals surface area contributed by atoms with Gasteiger partial charge in [-0.1, -0.05) is 43.1 Å². The van der Waals surface area contributed by atoms with Crippen LogP contribution in [0.4, 0.5) is 5.69 Å². The van der Waals surface area contributed by atoms with Gasteiger partial charge < -0.3 is 10.1 Å². The average molecular weight is 423 g/mol. The predicted octanol–water partition coefficient (Wildman–Crippen LogP) is 3.38. The van der Waals surface area contributed by atoms with E-state index in [4.69, 9.17) is 16.3 Å². The zero-order valence-electron chi connectivity index (χ0n) is 16.0. The maximum Gasteiger partial charge on any atom is 0.264 e. The number of hydrogen-bond acceptors (Lipinski definition) is 4. The zero-order valence-corrected chi connectivity index (χ0v) is 17.5. The zero-order chi connectivity index (χ0) is 20.5. The van der Waals surface area contributed by atoms with Crippen LogP contribution in [0.3, 0.4) is 0 Å². The number of sulfonamides is 1. The molecular weight excluding hydrogens is 400 g/mol. The first-order chi connectivity index (χ1) is 13.2. The highest BCUT2D eigenvalue weighted by atomic mass is 35.5. The van der Waals surface area contributed by atoms with Crippen LogP contribution in [0, 0.1) is 12.8 Å². The number of rotatable bonds is 5. The number of hydrogen-bond donors (Lipinski definition) is 1. The highest BCUT2D eigenvalue weighted by molar-refractivity contribution is 7.92. The smallest absolute Gasteiger partial charge is 0.264 e. The van der Waals surface area contributed by atoms with Crippen LogP contribution in [0.1, 0.15) is 19.4 Å². The van der Waals surface area contributed by atoms with Crippen molar-refractivity contribution in [1.82, 2.24) is 5.32 Å². The van der Waals surface area contributed by atoms with Crippen molar-refractivity contribution < 1.29 is 17.9 Å². The largest absolute Gasteiger partial charge is 0.476 e. The first-order valence-corrected chi connectivity index (χ1v) is 10.8. The van der Waals surface area contributed by atoms with E-state index < -0.39 is 16.1 Å². The molecule has 2 aromatic rings. The highest BCUT2D eigenvalue weighted by Gasteiger charge is 2.37. The molecule has 0 aromatic heterocycles. The van der Waals surface area contributed by atoms with Gasteiger partial charge >= 0.3 is 0 Å². The Morgan fingerprint density at radius 1 is 1.25 bits per heavy atom. The molecule has 0 unspecified atom stereocenters. The molecule has 1 heterocycles. The summed E-state index contributed by atoms with van der Waals surface area (Å²) in [6, 6.07) is 11.3. The molecule has 0 spiro atoms. The monoisotopic (exact) mass is 422 g/mol. The first-order valence-electron chi connectivity index (χ1n) is 9.02. The van der Waals surface area contributed by atoms with Crippen molar-refractivity contribution in [2.24, 2.45) is 5.92 Å². The van der Waals surface area contributed by atoms with E-state index in [0.29, 0.717) is 23.0 Å². The molecule has 0 saturated heterocycles. The Hall–Kier alpha value is -2.25. The van der Waals surface area contributed by atoms with Crippen molar-refractivity contribution in [3.8, 4) is 5.75 Å². The Labute approximate surface area is 170 Å². The first kappa shape index (κ1) is 20.5. The number of anilines is 1. The van der Waals surface area contributed by atoms with Gasteiger partial charge in [0.05, 0.1) is 17.1 Å². The van der Waals surface area contributed by atoms with Gasteiger partial charge in [-0.3, -0.25) is 9.10 Å². The Bertz CT molecular complexity index is 974. The molecule has 1 N–H and O–H groups in total. The quantitative estimate of drug-likeness (QED) is 0.801. The van der Waals surface area contributed by atoms with Crippen LogP contribution in [0.15, 0.2) is 47.4 Å².